The molecule has 1 unspecified atom stereocenters. The third-order valence-electron chi connectivity index (χ3n) is 8.59. The van der Waals surface area contributed by atoms with Crippen molar-refractivity contribution in [1.29, 1.82) is 0 Å². The number of rotatable bonds is 38. The number of aliphatic hydroxyl groups excluding tert-OH is 2. The van der Waals surface area contributed by atoms with Crippen LogP contribution in [-0.2, 0) is 32.7 Å². The number of unbranched alkanes of at least 4 members (excludes halogenated alkanes) is 11. The summed E-state index contributed by atoms with van der Waals surface area (Å²) >= 11 is 0. The van der Waals surface area contributed by atoms with Crippen LogP contribution in [0.3, 0.4) is 0 Å². The zero-order valence-corrected chi connectivity index (χ0v) is 35.0. The minimum Gasteiger partial charge on any atom is -0.462 e. The molecule has 0 fully saturated rings. The quantitative estimate of drug-likeness (QED) is 0.0203. The lowest BCUT2D eigenvalue weighted by molar-refractivity contribution is -0.161. The minimum atomic E-state index is -4.42. The molecule has 12 heteroatoms. The molecule has 0 amide bonds. The van der Waals surface area contributed by atoms with Gasteiger partial charge in [0.1, 0.15) is 6.61 Å². The summed E-state index contributed by atoms with van der Waals surface area (Å²) in [6.45, 7) is 3.33. The number of phosphoric ester groups is 1. The molecule has 11 nitrogen and oxygen atoms in total. The molecule has 0 heterocycles. The van der Waals surface area contributed by atoms with Gasteiger partial charge in [-0.25, -0.2) is 4.57 Å². The molecule has 5 N–H and O–H groups in total. The highest BCUT2D eigenvalue weighted by Crippen LogP contribution is 2.43. The Balaban J connectivity index is 4.35. The van der Waals surface area contributed by atoms with Crippen molar-refractivity contribution in [2.75, 3.05) is 26.4 Å². The molecule has 0 aromatic heterocycles. The van der Waals surface area contributed by atoms with Crippen LogP contribution in [0.25, 0.3) is 0 Å². The van der Waals surface area contributed by atoms with Crippen LogP contribution in [-0.4, -0.2) is 71.7 Å². The van der Waals surface area contributed by atoms with Crippen molar-refractivity contribution in [2.45, 2.75) is 173 Å². The van der Waals surface area contributed by atoms with Gasteiger partial charge in [-0.2, -0.15) is 0 Å². The molecule has 0 bridgehead atoms. The summed E-state index contributed by atoms with van der Waals surface area (Å²) in [5.74, 6) is -0.974. The van der Waals surface area contributed by atoms with Crippen LogP contribution in [0.5, 0.6) is 0 Å². The van der Waals surface area contributed by atoms with E-state index < -0.39 is 44.7 Å². The molecule has 0 saturated heterocycles. The van der Waals surface area contributed by atoms with Crippen LogP contribution in [0.4, 0.5) is 0 Å². The Morgan fingerprint density at radius 2 is 1.18 bits per heavy atom. The van der Waals surface area contributed by atoms with Crippen molar-refractivity contribution >= 4 is 19.8 Å². The van der Waals surface area contributed by atoms with Gasteiger partial charge in [0, 0.05) is 19.4 Å². The third kappa shape index (κ3) is 37.0. The van der Waals surface area contributed by atoms with E-state index in [1.807, 2.05) is 6.08 Å². The maximum Gasteiger partial charge on any atom is 0.472 e. The first-order valence-corrected chi connectivity index (χ1v) is 22.4. The fourth-order valence-corrected chi connectivity index (χ4v) is 6.12. The molecular weight excluding hydrogens is 721 g/mol. The van der Waals surface area contributed by atoms with Crippen molar-refractivity contribution in [3.8, 4) is 0 Å². The van der Waals surface area contributed by atoms with Gasteiger partial charge in [0.05, 0.1) is 25.4 Å². The Bertz CT molecular complexity index is 1120. The van der Waals surface area contributed by atoms with Crippen LogP contribution >= 0.6 is 7.82 Å². The van der Waals surface area contributed by atoms with Gasteiger partial charge in [-0.3, -0.25) is 18.6 Å². The van der Waals surface area contributed by atoms with Gasteiger partial charge in [0.25, 0.3) is 0 Å². The second-order valence-electron chi connectivity index (χ2n) is 13.8. The third-order valence-corrected chi connectivity index (χ3v) is 9.57. The van der Waals surface area contributed by atoms with Gasteiger partial charge in [-0.15, -0.1) is 0 Å². The Morgan fingerprint density at radius 3 is 1.82 bits per heavy atom. The van der Waals surface area contributed by atoms with Crippen LogP contribution in [0.2, 0.25) is 0 Å². The number of carbonyl (C=O) groups is 2. The topological polar surface area (TPSA) is 175 Å². The van der Waals surface area contributed by atoms with Gasteiger partial charge in [-0.1, -0.05) is 126 Å². The molecule has 0 aromatic rings. The van der Waals surface area contributed by atoms with E-state index in [9.17, 15) is 29.3 Å². The molecule has 0 spiro atoms. The van der Waals surface area contributed by atoms with E-state index in [1.165, 1.54) is 12.8 Å². The zero-order valence-electron chi connectivity index (χ0n) is 34.1. The van der Waals surface area contributed by atoms with Crippen molar-refractivity contribution in [3.05, 3.63) is 60.8 Å². The Morgan fingerprint density at radius 1 is 0.636 bits per heavy atom. The van der Waals surface area contributed by atoms with E-state index in [-0.39, 0.29) is 32.6 Å². The molecule has 0 aliphatic carbocycles. The van der Waals surface area contributed by atoms with E-state index in [0.717, 1.165) is 89.9 Å². The predicted octanol–water partition coefficient (Wildman–Crippen LogP) is 9.66. The number of hydrogen-bond acceptors (Lipinski definition) is 10. The summed E-state index contributed by atoms with van der Waals surface area (Å²) < 4.78 is 32.6. The van der Waals surface area contributed by atoms with E-state index in [0.29, 0.717) is 25.7 Å². The molecule has 0 aliphatic rings. The first-order valence-electron chi connectivity index (χ1n) is 20.9. The van der Waals surface area contributed by atoms with Crippen molar-refractivity contribution in [3.63, 3.8) is 0 Å². The van der Waals surface area contributed by atoms with Crippen LogP contribution in [0, 0.1) is 0 Å². The van der Waals surface area contributed by atoms with E-state index in [4.69, 9.17) is 24.3 Å². The average molecular weight is 798 g/mol. The number of allylic oxidation sites excluding steroid dienone is 9. The lowest BCUT2D eigenvalue weighted by Crippen LogP contribution is -2.29. The van der Waals surface area contributed by atoms with E-state index in [2.05, 4.69) is 68.5 Å². The van der Waals surface area contributed by atoms with E-state index >= 15 is 0 Å². The molecule has 55 heavy (non-hydrogen) atoms. The second-order valence-corrected chi connectivity index (χ2v) is 15.2. The summed E-state index contributed by atoms with van der Waals surface area (Å²) in [6.07, 6.45) is 37.0. The van der Waals surface area contributed by atoms with Crippen LogP contribution in [0.15, 0.2) is 60.8 Å². The fourth-order valence-electron chi connectivity index (χ4n) is 5.35. The number of aliphatic hydroxyl groups is 2. The van der Waals surface area contributed by atoms with Gasteiger partial charge in [0.2, 0.25) is 0 Å². The monoisotopic (exact) mass is 798 g/mol. The first kappa shape index (κ1) is 52.6. The fraction of sp³-hybridized carbons (Fsp3) is 0.721. The highest BCUT2D eigenvalue weighted by Gasteiger charge is 2.26. The molecule has 0 saturated carbocycles. The number of esters is 2. The zero-order chi connectivity index (χ0) is 40.7. The summed E-state index contributed by atoms with van der Waals surface area (Å²) in [6, 6.07) is 0. The van der Waals surface area contributed by atoms with Gasteiger partial charge >= 0.3 is 19.8 Å². The number of ether oxygens (including phenoxy) is 2. The van der Waals surface area contributed by atoms with E-state index in [1.54, 1.807) is 0 Å². The summed E-state index contributed by atoms with van der Waals surface area (Å²) in [5, 5.41) is 20.4. The second kappa shape index (κ2) is 38.5. The molecule has 0 rings (SSSR count). The molecule has 4 atom stereocenters. The van der Waals surface area contributed by atoms with Crippen LogP contribution < -0.4 is 5.73 Å². The Hall–Kier alpha value is -2.37. The van der Waals surface area contributed by atoms with Gasteiger partial charge in [0.15, 0.2) is 6.10 Å². The first-order chi connectivity index (χ1) is 26.6. The van der Waals surface area contributed by atoms with Gasteiger partial charge in [-0.05, 0) is 77.0 Å². The van der Waals surface area contributed by atoms with Crippen molar-refractivity contribution < 1.29 is 47.8 Å². The molecular formula is C43H76NO10P. The smallest absolute Gasteiger partial charge is 0.462 e. The number of phosphoric acid groups is 1. The normalized spacial score (nSPS) is 15.1. The SMILES string of the molecule is CC/C=C\C/C=C\C/C=C\C/C=C\CCCCCCC(=O)O[C@H](COC(=O)CCCCCCC[C@@H](O)[C@H](O)C/C=C\CCCCC)COP(=O)(O)OCCN. The lowest BCUT2D eigenvalue weighted by atomic mass is 10.0. The number of carbonyl (C=O) groups excluding carboxylic acids is 2. The molecule has 318 valence electrons. The van der Waals surface area contributed by atoms with Crippen molar-refractivity contribution in [2.24, 2.45) is 5.73 Å². The van der Waals surface area contributed by atoms with Crippen molar-refractivity contribution in [1.82, 2.24) is 0 Å². The number of hydrogen-bond donors (Lipinski definition) is 4. The summed E-state index contributed by atoms with van der Waals surface area (Å²) in [4.78, 5) is 34.8. The summed E-state index contributed by atoms with van der Waals surface area (Å²) in [7, 11) is -4.42. The largest absolute Gasteiger partial charge is 0.472 e. The Kier molecular flexibility index (Phi) is 36.8. The standard InChI is InChI=1S/C43H76NO10P/c1-3-5-7-9-11-12-13-14-15-16-17-18-19-20-21-25-30-34-43(48)54-39(38-53-55(49,50)52-36-35-44)37-51-42(47)33-29-26-22-24-28-32-41(46)40(45)31-27-23-10-8-6-4-2/h5,7,11-12,14-15,17-18,23,27,39-41,45-46H,3-4,6,8-10,13,16,19-22,24-26,28-38,44H2,1-2H3,(H,49,50)/b7-5-,12-11-,15-14-,18-17-,27-23-/t39-,40-,41-/m1/s1. The average Bonchev–Trinajstić information content (AvgIpc) is 3.17. The predicted molar refractivity (Wildman–Crippen MR) is 222 cm³/mol. The molecule has 0 aromatic carbocycles. The molecule has 0 radical (unpaired) electrons. The maximum absolute atomic E-state index is 12.6. The van der Waals surface area contributed by atoms with Crippen LogP contribution in [0.1, 0.15) is 155 Å². The highest BCUT2D eigenvalue weighted by molar-refractivity contribution is 7.47. The van der Waals surface area contributed by atoms with Gasteiger partial charge < -0.3 is 30.3 Å². The highest BCUT2D eigenvalue weighted by atomic mass is 31.2. The minimum absolute atomic E-state index is 0.0234. The lowest BCUT2D eigenvalue weighted by Gasteiger charge is -2.20. The molecule has 0 aliphatic heterocycles. The maximum atomic E-state index is 12.6. The Labute approximate surface area is 333 Å². The summed E-state index contributed by atoms with van der Waals surface area (Å²) in [5.41, 5.74) is 5.33. The number of nitrogens with two attached hydrogens (primary N) is 1.